The molecule has 0 saturated carbocycles. The fourth-order valence-corrected chi connectivity index (χ4v) is 3.63. The van der Waals surface area contributed by atoms with E-state index in [1.165, 1.54) is 6.07 Å². The summed E-state index contributed by atoms with van der Waals surface area (Å²) in [6.45, 7) is 1.94. The molecule has 1 unspecified atom stereocenters. The maximum atomic E-state index is 13.6. The van der Waals surface area contributed by atoms with Crippen molar-refractivity contribution in [2.24, 2.45) is 0 Å². The van der Waals surface area contributed by atoms with Gasteiger partial charge in [-0.2, -0.15) is 9.65 Å². The minimum Gasteiger partial charge on any atom is -0.394 e. The number of halogens is 2. The van der Waals surface area contributed by atoms with Gasteiger partial charge in [0.1, 0.15) is 17.5 Å². The quantitative estimate of drug-likeness (QED) is 0.537. The summed E-state index contributed by atoms with van der Waals surface area (Å²) in [6.07, 6.45) is 2.31. The number of aliphatic hydroxyl groups excluding tert-OH is 1. The van der Waals surface area contributed by atoms with Crippen molar-refractivity contribution in [1.82, 2.24) is 14.9 Å². The molecule has 0 fully saturated rings. The van der Waals surface area contributed by atoms with Crippen molar-refractivity contribution in [2.75, 3.05) is 17.2 Å². The summed E-state index contributed by atoms with van der Waals surface area (Å²) >= 11 is 6.47. The maximum Gasteiger partial charge on any atom is 0.319 e. The van der Waals surface area contributed by atoms with Crippen LogP contribution in [0.15, 0.2) is 12.1 Å². The molecular weight excluding hydrogens is 415 g/mol. The summed E-state index contributed by atoms with van der Waals surface area (Å²) in [4.78, 5) is 28.6. The molecule has 0 radical (unpaired) electrons. The third-order valence-electron chi connectivity index (χ3n) is 4.63. The largest absolute Gasteiger partial charge is 0.394 e. The number of hydrogen-bond donors (Lipinski definition) is 4. The van der Waals surface area contributed by atoms with Crippen LogP contribution in [0.1, 0.15) is 41.6 Å². The van der Waals surface area contributed by atoms with Gasteiger partial charge in [0.2, 0.25) is 5.95 Å². The van der Waals surface area contributed by atoms with Gasteiger partial charge in [0.15, 0.2) is 0 Å². The molecule has 1 aliphatic heterocycles. The lowest BCUT2D eigenvalue weighted by Gasteiger charge is -2.19. The van der Waals surface area contributed by atoms with Crippen molar-refractivity contribution in [3.05, 3.63) is 40.2 Å². The Balaban J connectivity index is 1.92. The number of rotatable bonds is 5. The number of urea groups is 1. The standard InChI is InChI=1S/C19H20ClFN6O3/c1-10(9-28)23-19(30)26-16-13-4-2-3-5-27(13)17(15(16)20)18(29)25-11-6-12(8-22)24-14(21)7-11/h6-7,10,28H,2-5,9H2,1H3,(H2,23,26,30)(H,24,25,29). The van der Waals surface area contributed by atoms with Crippen LogP contribution in [0.25, 0.3) is 0 Å². The number of hydrogen-bond acceptors (Lipinski definition) is 5. The summed E-state index contributed by atoms with van der Waals surface area (Å²) in [5.74, 6) is -1.50. The van der Waals surface area contributed by atoms with Gasteiger partial charge in [0, 0.05) is 24.0 Å². The minimum absolute atomic E-state index is 0.0613. The molecule has 3 rings (SSSR count). The SMILES string of the molecule is CC(CO)NC(=O)Nc1c(Cl)c(C(=O)Nc2cc(F)nc(C#N)c2)n2c1CCCC2. The average Bonchev–Trinajstić information content (AvgIpc) is 2.98. The molecule has 0 aromatic carbocycles. The van der Waals surface area contributed by atoms with Crippen LogP contribution in [-0.4, -0.2) is 39.2 Å². The molecule has 158 valence electrons. The second-order valence-electron chi connectivity index (χ2n) is 6.90. The first-order valence-corrected chi connectivity index (χ1v) is 9.70. The van der Waals surface area contributed by atoms with E-state index < -0.39 is 23.9 Å². The molecular formula is C19H20ClFN6O3. The van der Waals surface area contributed by atoms with Gasteiger partial charge in [0.05, 0.1) is 23.4 Å². The molecule has 0 bridgehead atoms. The van der Waals surface area contributed by atoms with Crippen LogP contribution in [0.3, 0.4) is 0 Å². The van der Waals surface area contributed by atoms with Crippen LogP contribution in [0.4, 0.5) is 20.6 Å². The number of fused-ring (bicyclic) bond motifs is 1. The number of anilines is 2. The van der Waals surface area contributed by atoms with E-state index in [0.29, 0.717) is 24.3 Å². The van der Waals surface area contributed by atoms with Crippen LogP contribution < -0.4 is 16.0 Å². The molecule has 30 heavy (non-hydrogen) atoms. The second-order valence-corrected chi connectivity index (χ2v) is 7.28. The lowest BCUT2D eigenvalue weighted by molar-refractivity contribution is 0.101. The predicted octanol–water partition coefficient (Wildman–Crippen LogP) is 2.64. The van der Waals surface area contributed by atoms with E-state index in [-0.39, 0.29) is 28.7 Å². The lowest BCUT2D eigenvalue weighted by atomic mass is 10.1. The first-order valence-electron chi connectivity index (χ1n) is 9.32. The average molecular weight is 435 g/mol. The molecule has 1 atom stereocenters. The van der Waals surface area contributed by atoms with Gasteiger partial charge in [-0.1, -0.05) is 11.6 Å². The number of carbonyl (C=O) groups is 2. The Morgan fingerprint density at radius 1 is 1.40 bits per heavy atom. The van der Waals surface area contributed by atoms with E-state index in [1.54, 1.807) is 17.6 Å². The number of amides is 3. The Labute approximate surface area is 176 Å². The van der Waals surface area contributed by atoms with E-state index in [1.807, 2.05) is 0 Å². The van der Waals surface area contributed by atoms with Crippen LogP contribution in [0, 0.1) is 17.3 Å². The normalized spacial score (nSPS) is 13.7. The molecule has 2 aromatic heterocycles. The molecule has 1 aliphatic rings. The molecule has 2 aromatic rings. The number of pyridine rings is 1. The highest BCUT2D eigenvalue weighted by molar-refractivity contribution is 6.37. The molecule has 3 amide bonds. The van der Waals surface area contributed by atoms with Crippen LogP contribution in [0.5, 0.6) is 0 Å². The van der Waals surface area contributed by atoms with E-state index >= 15 is 0 Å². The van der Waals surface area contributed by atoms with Crippen molar-refractivity contribution in [2.45, 2.75) is 38.8 Å². The Morgan fingerprint density at radius 3 is 2.87 bits per heavy atom. The van der Waals surface area contributed by atoms with E-state index in [4.69, 9.17) is 22.0 Å². The van der Waals surface area contributed by atoms with Crippen molar-refractivity contribution < 1.29 is 19.1 Å². The number of nitrogens with zero attached hydrogens (tertiary/aromatic N) is 3. The van der Waals surface area contributed by atoms with Crippen LogP contribution >= 0.6 is 11.6 Å². The summed E-state index contributed by atoms with van der Waals surface area (Å²) in [6, 6.07) is 2.95. The summed E-state index contributed by atoms with van der Waals surface area (Å²) in [5, 5.41) is 25.8. The van der Waals surface area contributed by atoms with Gasteiger partial charge in [-0.25, -0.2) is 9.78 Å². The zero-order valence-corrected chi connectivity index (χ0v) is 16.9. The lowest BCUT2D eigenvalue weighted by Crippen LogP contribution is -2.38. The number of nitrogens with one attached hydrogen (secondary N) is 3. The molecule has 9 nitrogen and oxygen atoms in total. The van der Waals surface area contributed by atoms with Crippen LogP contribution in [0.2, 0.25) is 5.02 Å². The van der Waals surface area contributed by atoms with E-state index in [9.17, 15) is 14.0 Å². The van der Waals surface area contributed by atoms with Gasteiger partial charge in [-0.15, -0.1) is 0 Å². The third kappa shape index (κ3) is 4.53. The van der Waals surface area contributed by atoms with Crippen molar-refractivity contribution >= 4 is 34.9 Å². The monoisotopic (exact) mass is 434 g/mol. The topological polar surface area (TPSA) is 132 Å². The van der Waals surface area contributed by atoms with E-state index in [2.05, 4.69) is 20.9 Å². The predicted molar refractivity (Wildman–Crippen MR) is 108 cm³/mol. The Kier molecular flexibility index (Phi) is 6.54. The zero-order valence-electron chi connectivity index (χ0n) is 16.1. The van der Waals surface area contributed by atoms with Gasteiger partial charge < -0.3 is 25.6 Å². The van der Waals surface area contributed by atoms with E-state index in [0.717, 1.165) is 18.9 Å². The maximum absolute atomic E-state index is 13.6. The first kappa shape index (κ1) is 21.5. The first-order chi connectivity index (χ1) is 14.3. The summed E-state index contributed by atoms with van der Waals surface area (Å²) in [5.41, 5.74) is 1.05. The molecule has 0 saturated heterocycles. The highest BCUT2D eigenvalue weighted by atomic mass is 35.5. The molecule has 11 heteroatoms. The zero-order chi connectivity index (χ0) is 21.8. The number of carbonyl (C=O) groups excluding carboxylic acids is 2. The van der Waals surface area contributed by atoms with Crippen LogP contribution in [-0.2, 0) is 13.0 Å². The number of aromatic nitrogens is 2. The molecule has 0 spiro atoms. The van der Waals surface area contributed by atoms with Gasteiger partial charge in [-0.05, 0) is 32.3 Å². The fraction of sp³-hybridized carbons (Fsp3) is 0.368. The summed E-state index contributed by atoms with van der Waals surface area (Å²) < 4.78 is 15.3. The van der Waals surface area contributed by atoms with Gasteiger partial charge in [0.25, 0.3) is 5.91 Å². The van der Waals surface area contributed by atoms with Crippen molar-refractivity contribution in [3.8, 4) is 6.07 Å². The fourth-order valence-electron chi connectivity index (χ4n) is 3.29. The van der Waals surface area contributed by atoms with Crippen molar-refractivity contribution in [3.63, 3.8) is 0 Å². The van der Waals surface area contributed by atoms with Crippen molar-refractivity contribution in [1.29, 1.82) is 5.26 Å². The Hall–Kier alpha value is -3.16. The third-order valence-corrected chi connectivity index (χ3v) is 5.00. The Bertz CT molecular complexity index is 1030. The van der Waals surface area contributed by atoms with Gasteiger partial charge in [-0.3, -0.25) is 4.79 Å². The highest BCUT2D eigenvalue weighted by Gasteiger charge is 2.29. The summed E-state index contributed by atoms with van der Waals surface area (Å²) in [7, 11) is 0. The molecule has 0 aliphatic carbocycles. The smallest absolute Gasteiger partial charge is 0.319 e. The molecule has 4 N–H and O–H groups in total. The highest BCUT2D eigenvalue weighted by Crippen LogP contribution is 2.37. The number of nitriles is 1. The minimum atomic E-state index is -0.898. The Morgan fingerprint density at radius 2 is 2.17 bits per heavy atom. The second kappa shape index (κ2) is 9.11. The molecule has 3 heterocycles. The number of aliphatic hydroxyl groups is 1. The van der Waals surface area contributed by atoms with Gasteiger partial charge >= 0.3 is 6.03 Å².